The maximum atomic E-state index is 13.1. The highest BCUT2D eigenvalue weighted by atomic mass is 16.6. The van der Waals surface area contributed by atoms with Crippen LogP contribution in [0.3, 0.4) is 0 Å². The van der Waals surface area contributed by atoms with Crippen molar-refractivity contribution in [3.8, 4) is 0 Å². The summed E-state index contributed by atoms with van der Waals surface area (Å²) in [5.41, 5.74) is 2.23. The van der Waals surface area contributed by atoms with Gasteiger partial charge in [-0.05, 0) is 26.3 Å². The summed E-state index contributed by atoms with van der Waals surface area (Å²) in [7, 11) is 2.59. The van der Waals surface area contributed by atoms with Crippen molar-refractivity contribution in [1.82, 2.24) is 5.32 Å². The van der Waals surface area contributed by atoms with Crippen LogP contribution < -0.4 is 11.1 Å². The van der Waals surface area contributed by atoms with Crippen LogP contribution >= 0.6 is 0 Å². The Balaban J connectivity index is 2.06. The molecule has 1 N–H and O–H groups in total. The van der Waals surface area contributed by atoms with Gasteiger partial charge in [-0.25, -0.2) is 14.4 Å². The molecule has 1 aromatic heterocycles. The number of nitrogens with zero attached hydrogens (tertiary/aromatic N) is 1. The van der Waals surface area contributed by atoms with E-state index in [9.17, 15) is 19.3 Å². The summed E-state index contributed by atoms with van der Waals surface area (Å²) in [6.07, 6.45) is 0. The molecular formula is C22H23N2O8+. The molecule has 0 amide bonds. The van der Waals surface area contributed by atoms with Crippen LogP contribution in [-0.4, -0.2) is 30.9 Å². The van der Waals surface area contributed by atoms with Gasteiger partial charge in [-0.15, -0.1) is 0 Å². The molecule has 2 aromatic rings. The Morgan fingerprint density at radius 1 is 1.09 bits per heavy atom. The van der Waals surface area contributed by atoms with Gasteiger partial charge in [-0.3, -0.25) is 0 Å². The van der Waals surface area contributed by atoms with Crippen molar-refractivity contribution in [2.45, 2.75) is 33.3 Å². The molecule has 0 fully saturated rings. The molecular weight excluding hydrogens is 420 g/mol. The minimum absolute atomic E-state index is 0.0804. The second-order valence-electron chi connectivity index (χ2n) is 7.23. The molecule has 10 heteroatoms. The number of carbonyl (C=O) groups is 2. The fourth-order valence-corrected chi connectivity index (χ4v) is 3.59. The Bertz CT molecular complexity index is 1210. The summed E-state index contributed by atoms with van der Waals surface area (Å²) in [6, 6.07) is 6.58. The van der Waals surface area contributed by atoms with Crippen molar-refractivity contribution in [3.05, 3.63) is 79.4 Å². The fourth-order valence-electron chi connectivity index (χ4n) is 3.59. The molecule has 1 aliphatic rings. The van der Waals surface area contributed by atoms with Crippen LogP contribution in [0.1, 0.15) is 36.8 Å². The van der Waals surface area contributed by atoms with Crippen molar-refractivity contribution in [3.63, 3.8) is 0 Å². The van der Waals surface area contributed by atoms with E-state index in [0.717, 1.165) is 0 Å². The second kappa shape index (κ2) is 9.04. The van der Waals surface area contributed by atoms with E-state index in [4.69, 9.17) is 18.3 Å². The van der Waals surface area contributed by atoms with Gasteiger partial charge in [-0.2, -0.15) is 0 Å². The Labute approximate surface area is 183 Å². The standard InChI is InChI=1S/C22H22N2O8/c1-11-17(20(25)29-5)19(14-7-6-8-15(9-14)24(4)28)18(12(2)23-11)21(26)30-10-16-13(3)31-22(27)32-16/h6-9,19H,10H2,1-5H3/p+1. The molecule has 0 radical (unpaired) electrons. The number of rotatable bonds is 6. The Morgan fingerprint density at radius 2 is 1.75 bits per heavy atom. The summed E-state index contributed by atoms with van der Waals surface area (Å²) in [4.78, 5) is 48.9. The topological polar surface area (TPSA) is 128 Å². The Morgan fingerprint density at radius 3 is 2.31 bits per heavy atom. The lowest BCUT2D eigenvalue weighted by atomic mass is 9.80. The number of ether oxygens (including phenoxy) is 2. The molecule has 32 heavy (non-hydrogen) atoms. The molecule has 1 unspecified atom stereocenters. The van der Waals surface area contributed by atoms with Crippen molar-refractivity contribution in [1.29, 1.82) is 0 Å². The summed E-state index contributed by atoms with van der Waals surface area (Å²) in [6.45, 7) is 4.54. The Kier molecular flexibility index (Phi) is 6.42. The highest BCUT2D eigenvalue weighted by Gasteiger charge is 2.38. The lowest BCUT2D eigenvalue weighted by molar-refractivity contribution is -0.428. The van der Waals surface area contributed by atoms with Gasteiger partial charge in [0.05, 0.1) is 24.2 Å². The number of aryl methyl sites for hydroxylation is 1. The summed E-state index contributed by atoms with van der Waals surface area (Å²) in [5.74, 6) is -2.84. The van der Waals surface area contributed by atoms with Gasteiger partial charge >= 0.3 is 17.8 Å². The van der Waals surface area contributed by atoms with E-state index in [1.165, 1.54) is 21.1 Å². The lowest BCUT2D eigenvalue weighted by Crippen LogP contribution is -2.32. The number of benzene rings is 1. The van der Waals surface area contributed by atoms with Crippen molar-refractivity contribution >= 4 is 17.6 Å². The maximum Gasteiger partial charge on any atom is 0.519 e. The predicted molar refractivity (Wildman–Crippen MR) is 111 cm³/mol. The molecule has 10 nitrogen and oxygen atoms in total. The lowest BCUT2D eigenvalue weighted by Gasteiger charge is -2.30. The molecule has 0 spiro atoms. The number of dihydropyridines is 1. The van der Waals surface area contributed by atoms with Gasteiger partial charge in [0.25, 0.3) is 5.69 Å². The molecule has 3 rings (SSSR count). The first-order chi connectivity index (χ1) is 15.1. The normalized spacial score (nSPS) is 16.0. The van der Waals surface area contributed by atoms with Gasteiger partial charge in [-0.1, -0.05) is 12.1 Å². The number of hydrogen-bond donors (Lipinski definition) is 1. The first kappa shape index (κ1) is 22.7. The molecule has 0 saturated carbocycles. The molecule has 1 aromatic carbocycles. The highest BCUT2D eigenvalue weighted by molar-refractivity contribution is 5.99. The predicted octanol–water partition coefficient (Wildman–Crippen LogP) is 2.73. The number of methoxy groups -OCH3 is 1. The summed E-state index contributed by atoms with van der Waals surface area (Å²) in [5, 5.41) is 3.02. The third-order valence-corrected chi connectivity index (χ3v) is 5.12. The van der Waals surface area contributed by atoms with Crippen LogP contribution in [0.4, 0.5) is 5.69 Å². The number of hydrogen-bond acceptors (Lipinski definition) is 9. The minimum atomic E-state index is -0.897. The molecule has 1 atom stereocenters. The van der Waals surface area contributed by atoms with Crippen LogP contribution in [0, 0.1) is 11.8 Å². The molecule has 2 heterocycles. The zero-order chi connectivity index (χ0) is 23.6. The van der Waals surface area contributed by atoms with Crippen molar-refractivity contribution in [2.24, 2.45) is 0 Å². The van der Waals surface area contributed by atoms with Crippen LogP contribution in [-0.2, 0) is 25.7 Å². The van der Waals surface area contributed by atoms with E-state index in [2.05, 4.69) is 5.32 Å². The average Bonchev–Trinajstić information content (AvgIpc) is 3.07. The number of carbonyl (C=O) groups excluding carboxylic acids is 2. The fraction of sp³-hybridized carbons (Fsp3) is 0.318. The molecule has 0 aliphatic carbocycles. The van der Waals surface area contributed by atoms with Crippen LogP contribution in [0.5, 0.6) is 0 Å². The summed E-state index contributed by atoms with van der Waals surface area (Å²) < 4.78 is 20.7. The van der Waals surface area contributed by atoms with Crippen LogP contribution in [0.25, 0.3) is 0 Å². The number of nitrogens with one attached hydrogen (secondary N) is 1. The maximum absolute atomic E-state index is 13.1. The smallest absolute Gasteiger partial charge is 0.466 e. The first-order valence-corrected chi connectivity index (χ1v) is 9.68. The minimum Gasteiger partial charge on any atom is -0.466 e. The largest absolute Gasteiger partial charge is 0.519 e. The van der Waals surface area contributed by atoms with Crippen molar-refractivity contribution in [2.75, 3.05) is 14.2 Å². The Hall–Kier alpha value is -3.95. The average molecular weight is 443 g/mol. The third-order valence-electron chi connectivity index (χ3n) is 5.12. The van der Waals surface area contributed by atoms with E-state index >= 15 is 0 Å². The zero-order valence-corrected chi connectivity index (χ0v) is 18.3. The van der Waals surface area contributed by atoms with Gasteiger partial charge in [0.15, 0.2) is 25.2 Å². The van der Waals surface area contributed by atoms with Gasteiger partial charge in [0, 0.05) is 33.2 Å². The first-order valence-electron chi connectivity index (χ1n) is 9.68. The van der Waals surface area contributed by atoms with E-state index in [1.54, 1.807) is 38.1 Å². The van der Waals surface area contributed by atoms with Gasteiger partial charge in [0.2, 0.25) is 0 Å². The van der Waals surface area contributed by atoms with E-state index in [0.29, 0.717) is 27.4 Å². The SMILES string of the molecule is COC(=O)C1=C(C)NC(C)=C(C(=O)OCc2oc(=O)oc2C)C1c1cccc([N+](C)=O)c1. The van der Waals surface area contributed by atoms with Crippen molar-refractivity contribution < 1.29 is 32.7 Å². The second-order valence-corrected chi connectivity index (χ2v) is 7.23. The number of allylic oxidation sites excluding steroid dienone is 2. The monoisotopic (exact) mass is 443 g/mol. The highest BCUT2D eigenvalue weighted by Crippen LogP contribution is 2.40. The van der Waals surface area contributed by atoms with Gasteiger partial charge in [0.1, 0.15) is 0 Å². The summed E-state index contributed by atoms with van der Waals surface area (Å²) >= 11 is 0. The number of nitroso groups, excluding NO2 is 1. The third kappa shape index (κ3) is 4.39. The van der Waals surface area contributed by atoms with Gasteiger partial charge < -0.3 is 23.6 Å². The number of esters is 2. The van der Waals surface area contributed by atoms with E-state index < -0.39 is 23.7 Å². The molecule has 0 saturated heterocycles. The van der Waals surface area contributed by atoms with E-state index in [-0.39, 0.29) is 29.3 Å². The molecule has 0 bridgehead atoms. The zero-order valence-electron chi connectivity index (χ0n) is 18.3. The molecule has 168 valence electrons. The van der Waals surface area contributed by atoms with Crippen LogP contribution in [0.15, 0.2) is 60.4 Å². The molecule has 1 aliphatic heterocycles. The van der Waals surface area contributed by atoms with Crippen LogP contribution in [0.2, 0.25) is 0 Å². The van der Waals surface area contributed by atoms with E-state index in [1.807, 2.05) is 0 Å². The quantitative estimate of drug-likeness (QED) is 0.529.